The first-order chi connectivity index (χ1) is 41.8. The number of phosphoric acid groups is 2. The number of hydrogen-bond donors (Lipinski definition) is 3. The van der Waals surface area contributed by atoms with Gasteiger partial charge in [-0.3, -0.25) is 37.3 Å². The number of aliphatic hydroxyl groups excluding tert-OH is 1. The molecule has 0 spiro atoms. The minimum absolute atomic E-state index is 0.102. The van der Waals surface area contributed by atoms with Crippen molar-refractivity contribution in [2.24, 2.45) is 17.8 Å². The minimum Gasteiger partial charge on any atom is -0.462 e. The monoisotopic (exact) mass is 1280 g/mol. The third kappa shape index (κ3) is 61.3. The van der Waals surface area contributed by atoms with Gasteiger partial charge in [-0.15, -0.1) is 0 Å². The van der Waals surface area contributed by atoms with E-state index in [0.29, 0.717) is 31.6 Å². The number of carbonyl (C=O) groups is 4. The van der Waals surface area contributed by atoms with Gasteiger partial charge in [0, 0.05) is 25.7 Å². The van der Waals surface area contributed by atoms with Crippen LogP contribution < -0.4 is 0 Å². The van der Waals surface area contributed by atoms with Crippen LogP contribution in [0.25, 0.3) is 0 Å². The average molecular weight is 1280 g/mol. The van der Waals surface area contributed by atoms with Crippen LogP contribution in [0.3, 0.4) is 0 Å². The lowest BCUT2D eigenvalue weighted by Crippen LogP contribution is -2.30. The fraction of sp³-hybridized carbons (Fsp3) is 0.941. The Kier molecular flexibility index (Phi) is 57.8. The van der Waals surface area contributed by atoms with E-state index in [1.165, 1.54) is 141 Å². The molecule has 0 aliphatic carbocycles. The Morgan fingerprint density at radius 2 is 0.586 bits per heavy atom. The summed E-state index contributed by atoms with van der Waals surface area (Å²) in [5, 5.41) is 10.6. The van der Waals surface area contributed by atoms with Crippen molar-refractivity contribution in [3.63, 3.8) is 0 Å². The first kappa shape index (κ1) is 85.1. The number of phosphoric ester groups is 2. The largest absolute Gasteiger partial charge is 0.472 e. The van der Waals surface area contributed by atoms with E-state index in [4.69, 9.17) is 37.0 Å². The lowest BCUT2D eigenvalue weighted by Gasteiger charge is -2.21. The van der Waals surface area contributed by atoms with Crippen LogP contribution in [0.5, 0.6) is 0 Å². The van der Waals surface area contributed by atoms with Gasteiger partial charge in [-0.2, -0.15) is 0 Å². The molecule has 0 fully saturated rings. The maximum atomic E-state index is 13.0. The lowest BCUT2D eigenvalue weighted by molar-refractivity contribution is -0.161. The molecule has 17 nitrogen and oxygen atoms in total. The molecule has 0 aliphatic rings. The Hall–Kier alpha value is -1.94. The predicted molar refractivity (Wildman–Crippen MR) is 349 cm³/mol. The van der Waals surface area contributed by atoms with Gasteiger partial charge in [0.25, 0.3) is 0 Å². The lowest BCUT2D eigenvalue weighted by atomic mass is 9.99. The molecule has 3 unspecified atom stereocenters. The molecule has 0 amide bonds. The van der Waals surface area contributed by atoms with Gasteiger partial charge < -0.3 is 33.8 Å². The Bertz CT molecular complexity index is 1720. The van der Waals surface area contributed by atoms with E-state index in [0.717, 1.165) is 108 Å². The van der Waals surface area contributed by atoms with Crippen molar-refractivity contribution in [2.45, 2.75) is 356 Å². The van der Waals surface area contributed by atoms with E-state index >= 15 is 0 Å². The number of hydrogen-bond acceptors (Lipinski definition) is 15. The number of rotatable bonds is 66. The van der Waals surface area contributed by atoms with Crippen LogP contribution in [0, 0.1) is 17.8 Å². The van der Waals surface area contributed by atoms with Crippen LogP contribution in [0.2, 0.25) is 0 Å². The summed E-state index contributed by atoms with van der Waals surface area (Å²) in [4.78, 5) is 72.3. The molecule has 3 N–H and O–H groups in total. The summed E-state index contributed by atoms with van der Waals surface area (Å²) in [7, 11) is -9.89. The van der Waals surface area contributed by atoms with Crippen LogP contribution in [0.1, 0.15) is 337 Å². The van der Waals surface area contributed by atoms with Crippen molar-refractivity contribution in [2.75, 3.05) is 39.6 Å². The molecule has 0 aromatic carbocycles. The van der Waals surface area contributed by atoms with Gasteiger partial charge in [-0.1, -0.05) is 286 Å². The van der Waals surface area contributed by atoms with Crippen molar-refractivity contribution in [3.8, 4) is 0 Å². The molecule has 0 aromatic heterocycles. The van der Waals surface area contributed by atoms with Gasteiger partial charge in [0.2, 0.25) is 0 Å². The second-order valence-corrected chi connectivity index (χ2v) is 28.7. The summed E-state index contributed by atoms with van der Waals surface area (Å²) < 4.78 is 68.1. The number of unbranched alkanes of at least 4 members (excludes halogenated alkanes) is 33. The van der Waals surface area contributed by atoms with Crippen molar-refractivity contribution >= 4 is 39.5 Å². The summed E-state index contributed by atoms with van der Waals surface area (Å²) >= 11 is 0. The zero-order valence-corrected chi connectivity index (χ0v) is 58.3. The molecule has 0 rings (SSSR count). The van der Waals surface area contributed by atoms with E-state index in [1.807, 2.05) is 0 Å². The fourth-order valence-electron chi connectivity index (χ4n) is 10.2. The van der Waals surface area contributed by atoms with Gasteiger partial charge in [-0.05, 0) is 43.4 Å². The van der Waals surface area contributed by atoms with Crippen molar-refractivity contribution in [3.05, 3.63) is 0 Å². The van der Waals surface area contributed by atoms with E-state index in [-0.39, 0.29) is 25.7 Å². The highest BCUT2D eigenvalue weighted by Crippen LogP contribution is 2.45. The van der Waals surface area contributed by atoms with E-state index in [9.17, 15) is 43.2 Å². The Balaban J connectivity index is 5.22. The fourth-order valence-corrected chi connectivity index (χ4v) is 11.7. The summed E-state index contributed by atoms with van der Waals surface area (Å²) in [5.74, 6) is 0.130. The third-order valence-electron chi connectivity index (χ3n) is 16.0. The minimum atomic E-state index is -4.95. The molecule has 19 heteroatoms. The Morgan fingerprint density at radius 1 is 0.333 bits per heavy atom. The first-order valence-corrected chi connectivity index (χ1v) is 38.4. The molecule has 0 saturated carbocycles. The van der Waals surface area contributed by atoms with Crippen molar-refractivity contribution in [1.82, 2.24) is 0 Å². The second-order valence-electron chi connectivity index (χ2n) is 25.8. The summed E-state index contributed by atoms with van der Waals surface area (Å²) in [5.41, 5.74) is 0. The third-order valence-corrected chi connectivity index (χ3v) is 17.9. The first-order valence-electron chi connectivity index (χ1n) is 35.4. The van der Waals surface area contributed by atoms with Gasteiger partial charge in [-0.25, -0.2) is 9.13 Å². The van der Waals surface area contributed by atoms with Crippen LogP contribution in [0.4, 0.5) is 0 Å². The summed E-state index contributed by atoms with van der Waals surface area (Å²) in [6, 6.07) is 0. The van der Waals surface area contributed by atoms with Crippen molar-refractivity contribution in [1.29, 1.82) is 0 Å². The highest BCUT2D eigenvalue weighted by molar-refractivity contribution is 7.47. The van der Waals surface area contributed by atoms with Crippen molar-refractivity contribution < 1.29 is 80.2 Å². The van der Waals surface area contributed by atoms with Crippen LogP contribution in [0.15, 0.2) is 0 Å². The second kappa shape index (κ2) is 59.1. The molecule has 6 atom stereocenters. The Morgan fingerprint density at radius 3 is 0.874 bits per heavy atom. The molecule has 516 valence electrons. The van der Waals surface area contributed by atoms with E-state index in [1.54, 1.807) is 0 Å². The molecule has 87 heavy (non-hydrogen) atoms. The maximum absolute atomic E-state index is 13.0. The van der Waals surface area contributed by atoms with Gasteiger partial charge in [0.15, 0.2) is 12.2 Å². The number of esters is 4. The van der Waals surface area contributed by atoms with Gasteiger partial charge >= 0.3 is 39.5 Å². The van der Waals surface area contributed by atoms with Gasteiger partial charge in [0.1, 0.15) is 19.3 Å². The van der Waals surface area contributed by atoms with E-state index in [2.05, 4.69) is 48.5 Å². The highest BCUT2D eigenvalue weighted by atomic mass is 31.2. The summed E-state index contributed by atoms with van der Waals surface area (Å²) in [6.07, 6.45) is 41.8. The van der Waals surface area contributed by atoms with Crippen LogP contribution >= 0.6 is 15.6 Å². The SMILES string of the molecule is CCCCCCCCCCC(=O)OC[C@H](COP(=O)(O)OC[C@H](O)COP(=O)(O)OC[C@@H](COC(=O)CCCCCCCCCCCCC(C)CC)OC(=O)CCCCCCCCCCCCCCCC(C)C)OC(=O)CCCCCCCCC(C)C. The molecule has 0 aromatic rings. The molecule has 0 bridgehead atoms. The zero-order chi connectivity index (χ0) is 64.5. The zero-order valence-electron chi connectivity index (χ0n) is 56.5. The normalized spacial score (nSPS) is 14.6. The number of ether oxygens (including phenoxy) is 4. The highest BCUT2D eigenvalue weighted by Gasteiger charge is 2.30. The summed E-state index contributed by atoms with van der Waals surface area (Å²) in [6.45, 7) is 11.8. The predicted octanol–water partition coefficient (Wildman–Crippen LogP) is 19.1. The topological polar surface area (TPSA) is 237 Å². The molecule has 0 radical (unpaired) electrons. The Labute approximate surface area is 530 Å². The van der Waals surface area contributed by atoms with E-state index < -0.39 is 97.5 Å². The average Bonchev–Trinajstić information content (AvgIpc) is 3.69. The van der Waals surface area contributed by atoms with Crippen LogP contribution in [-0.2, 0) is 65.4 Å². The molecular formula is C68H132O17P2. The molecule has 0 aliphatic heterocycles. The molecule has 0 saturated heterocycles. The van der Waals surface area contributed by atoms with Gasteiger partial charge in [0.05, 0.1) is 26.4 Å². The smallest absolute Gasteiger partial charge is 0.462 e. The van der Waals surface area contributed by atoms with Crippen LogP contribution in [-0.4, -0.2) is 96.7 Å². The maximum Gasteiger partial charge on any atom is 0.472 e. The quantitative estimate of drug-likeness (QED) is 0.0222. The number of carbonyl (C=O) groups excluding carboxylic acids is 4. The molecule has 0 heterocycles. The standard InChI is InChI=1S/C68H132O17P2/c1-8-10-11-12-13-27-35-42-49-65(70)78-56-64(85-68(73)52-45-38-31-30-33-40-47-60(5)6)58-83-87(76,77)81-54-62(69)53-80-86(74,75)82-57-63(55-79-66(71)50-43-36-28-23-20-19-22-26-34-41-48-61(7)9-2)84-67(72)51-44-37-29-24-18-16-14-15-17-21-25-32-39-46-59(3)4/h59-64,69H,8-58H2,1-7H3,(H,74,75)(H,76,77)/t61?,62-,63-,64-/m1/s1. The molecular weight excluding hydrogens is 1150 g/mol. The number of aliphatic hydroxyl groups is 1.